The number of nitrogens with zero attached hydrogens (tertiary/aromatic N) is 1. The van der Waals surface area contributed by atoms with Crippen LogP contribution in [0.5, 0.6) is 17.2 Å². The number of likely N-dealkylation sites (tertiary alicyclic amines) is 1. The third kappa shape index (κ3) is 4.48. The van der Waals surface area contributed by atoms with E-state index in [-0.39, 0.29) is 6.04 Å². The second-order valence-corrected chi connectivity index (χ2v) is 7.08. The van der Waals surface area contributed by atoms with E-state index in [0.717, 1.165) is 29.7 Å². The number of hydrogen-bond acceptors (Lipinski definition) is 5. The zero-order valence-corrected chi connectivity index (χ0v) is 17.3. The van der Waals surface area contributed by atoms with Gasteiger partial charge in [0.2, 0.25) is 0 Å². The lowest BCUT2D eigenvalue weighted by Gasteiger charge is -2.40. The number of ether oxygens (including phenoxy) is 3. The van der Waals surface area contributed by atoms with Gasteiger partial charge in [0.1, 0.15) is 11.8 Å². The van der Waals surface area contributed by atoms with Crippen LogP contribution in [0.25, 0.3) is 0 Å². The monoisotopic (exact) mass is 399 g/mol. The van der Waals surface area contributed by atoms with Crippen molar-refractivity contribution in [2.24, 2.45) is 0 Å². The van der Waals surface area contributed by atoms with Crippen molar-refractivity contribution in [3.8, 4) is 17.2 Å². The minimum atomic E-state index is -0.789. The maximum absolute atomic E-state index is 12.0. The number of rotatable bonds is 8. The van der Waals surface area contributed by atoms with E-state index < -0.39 is 12.0 Å². The Hall–Kier alpha value is -2.73. The normalized spacial score (nSPS) is 18.1. The molecule has 156 valence electrons. The Labute approximate surface area is 172 Å². The molecule has 1 saturated heterocycles. The number of carboxylic acids is 1. The first kappa shape index (κ1) is 21.0. The van der Waals surface area contributed by atoms with Crippen molar-refractivity contribution in [2.45, 2.75) is 38.3 Å². The molecule has 1 aliphatic heterocycles. The molecule has 0 radical (unpaired) electrons. The van der Waals surface area contributed by atoms with Gasteiger partial charge < -0.3 is 19.3 Å². The SMILES string of the molecule is CCOc1ccc(C(c2ccccc2OC)N2CCCCC2C(=O)O)cc1OC. The van der Waals surface area contributed by atoms with E-state index in [1.807, 2.05) is 49.4 Å². The molecule has 2 aromatic carbocycles. The highest BCUT2D eigenvalue weighted by atomic mass is 16.5. The van der Waals surface area contributed by atoms with Gasteiger partial charge in [-0.05, 0) is 50.1 Å². The van der Waals surface area contributed by atoms with Gasteiger partial charge in [-0.15, -0.1) is 0 Å². The highest BCUT2D eigenvalue weighted by molar-refractivity contribution is 5.74. The number of methoxy groups -OCH3 is 2. The van der Waals surface area contributed by atoms with Crippen molar-refractivity contribution in [2.75, 3.05) is 27.4 Å². The summed E-state index contributed by atoms with van der Waals surface area (Å²) in [6, 6.07) is 12.8. The zero-order chi connectivity index (χ0) is 20.8. The molecule has 0 aromatic heterocycles. The van der Waals surface area contributed by atoms with Crippen LogP contribution in [0.1, 0.15) is 43.4 Å². The Morgan fingerprint density at radius 1 is 1.10 bits per heavy atom. The number of benzene rings is 2. The first-order valence-electron chi connectivity index (χ1n) is 10.0. The Morgan fingerprint density at radius 3 is 2.55 bits per heavy atom. The lowest BCUT2D eigenvalue weighted by Crippen LogP contribution is -2.46. The second-order valence-electron chi connectivity index (χ2n) is 7.08. The van der Waals surface area contributed by atoms with Crippen LogP contribution in [0.4, 0.5) is 0 Å². The van der Waals surface area contributed by atoms with Crippen molar-refractivity contribution < 1.29 is 24.1 Å². The predicted molar refractivity (Wildman–Crippen MR) is 111 cm³/mol. The van der Waals surface area contributed by atoms with Crippen LogP contribution in [-0.4, -0.2) is 49.4 Å². The summed E-state index contributed by atoms with van der Waals surface area (Å²) < 4.78 is 16.8. The molecule has 0 aliphatic carbocycles. The van der Waals surface area contributed by atoms with E-state index in [9.17, 15) is 9.90 Å². The lowest BCUT2D eigenvalue weighted by molar-refractivity contribution is -0.145. The van der Waals surface area contributed by atoms with E-state index in [1.54, 1.807) is 14.2 Å². The Bertz CT molecular complexity index is 838. The topological polar surface area (TPSA) is 68.2 Å². The van der Waals surface area contributed by atoms with Crippen LogP contribution < -0.4 is 14.2 Å². The van der Waals surface area contributed by atoms with Crippen LogP contribution in [0.15, 0.2) is 42.5 Å². The van der Waals surface area contributed by atoms with Gasteiger partial charge in [-0.25, -0.2) is 0 Å². The minimum Gasteiger partial charge on any atom is -0.496 e. The molecule has 6 nitrogen and oxygen atoms in total. The van der Waals surface area contributed by atoms with E-state index in [4.69, 9.17) is 14.2 Å². The summed E-state index contributed by atoms with van der Waals surface area (Å²) in [7, 11) is 3.25. The zero-order valence-electron chi connectivity index (χ0n) is 17.3. The third-order valence-electron chi connectivity index (χ3n) is 5.40. The average Bonchev–Trinajstić information content (AvgIpc) is 2.75. The van der Waals surface area contributed by atoms with Gasteiger partial charge in [0.05, 0.1) is 26.9 Å². The molecule has 0 spiro atoms. The number of aliphatic carboxylic acids is 1. The van der Waals surface area contributed by atoms with Crippen LogP contribution in [0.3, 0.4) is 0 Å². The maximum atomic E-state index is 12.0. The smallest absolute Gasteiger partial charge is 0.320 e. The van der Waals surface area contributed by atoms with Crippen molar-refractivity contribution >= 4 is 5.97 Å². The number of para-hydroxylation sites is 1. The van der Waals surface area contributed by atoms with Gasteiger partial charge in [-0.3, -0.25) is 9.69 Å². The highest BCUT2D eigenvalue weighted by Crippen LogP contribution is 2.41. The quantitative estimate of drug-likeness (QED) is 0.720. The number of carboxylic acid groups (broad SMARTS) is 1. The fourth-order valence-corrected chi connectivity index (χ4v) is 4.10. The Morgan fingerprint density at radius 2 is 1.86 bits per heavy atom. The van der Waals surface area contributed by atoms with Gasteiger partial charge in [0.25, 0.3) is 0 Å². The maximum Gasteiger partial charge on any atom is 0.320 e. The highest BCUT2D eigenvalue weighted by Gasteiger charge is 2.36. The molecule has 1 heterocycles. The summed E-state index contributed by atoms with van der Waals surface area (Å²) in [4.78, 5) is 14.1. The molecular weight excluding hydrogens is 370 g/mol. The molecule has 0 amide bonds. The van der Waals surface area contributed by atoms with Gasteiger partial charge in [-0.1, -0.05) is 30.7 Å². The molecule has 0 saturated carbocycles. The van der Waals surface area contributed by atoms with Crippen LogP contribution in [0.2, 0.25) is 0 Å². The number of piperidine rings is 1. The largest absolute Gasteiger partial charge is 0.496 e. The summed E-state index contributed by atoms with van der Waals surface area (Å²) >= 11 is 0. The molecule has 6 heteroatoms. The van der Waals surface area contributed by atoms with Gasteiger partial charge in [-0.2, -0.15) is 0 Å². The van der Waals surface area contributed by atoms with Crippen molar-refractivity contribution in [1.29, 1.82) is 0 Å². The predicted octanol–water partition coefficient (Wildman–Crippen LogP) is 4.13. The molecule has 2 aromatic rings. The van der Waals surface area contributed by atoms with Crippen LogP contribution >= 0.6 is 0 Å². The second kappa shape index (κ2) is 9.65. The molecule has 1 fully saturated rings. The standard InChI is InChI=1S/C23H29NO5/c1-4-29-20-13-12-16(15-21(20)28-3)22(17-9-5-6-11-19(17)27-2)24-14-8-7-10-18(24)23(25)26/h5-6,9,11-13,15,18,22H,4,7-8,10,14H2,1-3H3,(H,25,26). The van der Waals surface area contributed by atoms with E-state index in [1.165, 1.54) is 0 Å². The summed E-state index contributed by atoms with van der Waals surface area (Å²) in [5.74, 6) is 1.25. The molecule has 1 N–H and O–H groups in total. The average molecular weight is 399 g/mol. The van der Waals surface area contributed by atoms with E-state index in [2.05, 4.69) is 4.90 Å². The van der Waals surface area contributed by atoms with E-state index >= 15 is 0 Å². The van der Waals surface area contributed by atoms with Crippen LogP contribution in [-0.2, 0) is 4.79 Å². The Kier molecular flexibility index (Phi) is 6.99. The summed E-state index contributed by atoms with van der Waals surface area (Å²) in [6.45, 7) is 3.17. The van der Waals surface area contributed by atoms with Crippen LogP contribution in [0, 0.1) is 0 Å². The fraction of sp³-hybridized carbons (Fsp3) is 0.435. The van der Waals surface area contributed by atoms with E-state index in [0.29, 0.717) is 31.1 Å². The summed E-state index contributed by atoms with van der Waals surface area (Å²) in [5.41, 5.74) is 1.89. The minimum absolute atomic E-state index is 0.267. The van der Waals surface area contributed by atoms with Crippen molar-refractivity contribution in [3.05, 3.63) is 53.6 Å². The Balaban J connectivity index is 2.14. The number of carbonyl (C=O) groups is 1. The molecule has 3 rings (SSSR count). The molecule has 0 bridgehead atoms. The van der Waals surface area contributed by atoms with Gasteiger partial charge in [0.15, 0.2) is 11.5 Å². The molecule has 1 aliphatic rings. The first-order chi connectivity index (χ1) is 14.1. The summed E-state index contributed by atoms with van der Waals surface area (Å²) in [6.07, 6.45) is 2.51. The van der Waals surface area contributed by atoms with Gasteiger partial charge in [0, 0.05) is 5.56 Å². The molecule has 29 heavy (non-hydrogen) atoms. The lowest BCUT2D eigenvalue weighted by atomic mass is 9.91. The molecule has 2 unspecified atom stereocenters. The van der Waals surface area contributed by atoms with Crippen molar-refractivity contribution in [3.63, 3.8) is 0 Å². The first-order valence-corrected chi connectivity index (χ1v) is 10.0. The third-order valence-corrected chi connectivity index (χ3v) is 5.40. The van der Waals surface area contributed by atoms with Gasteiger partial charge >= 0.3 is 5.97 Å². The fourth-order valence-electron chi connectivity index (χ4n) is 4.10. The van der Waals surface area contributed by atoms with Crippen molar-refractivity contribution in [1.82, 2.24) is 4.90 Å². The summed E-state index contributed by atoms with van der Waals surface area (Å²) in [5, 5.41) is 9.88. The molecular formula is C23H29NO5. The number of hydrogen-bond donors (Lipinski definition) is 1. The molecule has 2 atom stereocenters.